The number of fused-ring (bicyclic) bond motifs is 1. The molecule has 190 valence electrons. The summed E-state index contributed by atoms with van der Waals surface area (Å²) >= 11 is 7.79. The Bertz CT molecular complexity index is 1190. The molecular formula is C28H32ClN3O3S. The zero-order chi connectivity index (χ0) is 25.7. The number of thiophene rings is 1. The minimum absolute atomic E-state index is 0.00885. The van der Waals surface area contributed by atoms with Crippen molar-refractivity contribution in [3.05, 3.63) is 81.0 Å². The van der Waals surface area contributed by atoms with Crippen LogP contribution in [0.4, 0.5) is 10.5 Å². The van der Waals surface area contributed by atoms with Crippen molar-refractivity contribution >= 4 is 40.6 Å². The summed E-state index contributed by atoms with van der Waals surface area (Å²) in [5, 5.41) is 5.49. The average Bonchev–Trinajstić information content (AvgIpc) is 3.32. The number of amides is 3. The van der Waals surface area contributed by atoms with E-state index >= 15 is 0 Å². The standard InChI is InChI=1S/C28H32ClN3O3S/c1-19(2)16-31(28(34)30-22-6-4-5-21(29)15-22)17-27(33)32-13-11-26-24(12-14-36-26)25(32)18-35-23-9-7-20(3)8-10-23/h4-10,12,14-15,19,25H,11,13,16-18H2,1-3H3,(H,30,34). The summed E-state index contributed by atoms with van der Waals surface area (Å²) in [5.74, 6) is 0.886. The highest BCUT2D eigenvalue weighted by atomic mass is 35.5. The molecule has 1 aliphatic heterocycles. The van der Waals surface area contributed by atoms with Gasteiger partial charge in [-0.1, -0.05) is 49.2 Å². The van der Waals surface area contributed by atoms with Gasteiger partial charge in [0.05, 0.1) is 6.04 Å². The van der Waals surface area contributed by atoms with Crippen molar-refractivity contribution in [1.29, 1.82) is 0 Å². The van der Waals surface area contributed by atoms with Crippen LogP contribution in [0.2, 0.25) is 5.02 Å². The van der Waals surface area contributed by atoms with Crippen LogP contribution in [0.1, 0.15) is 35.9 Å². The topological polar surface area (TPSA) is 61.9 Å². The molecule has 6 nitrogen and oxygen atoms in total. The van der Waals surface area contributed by atoms with Crippen molar-refractivity contribution in [3.8, 4) is 5.75 Å². The molecule has 0 aliphatic carbocycles. The molecule has 1 atom stereocenters. The maximum absolute atomic E-state index is 13.6. The van der Waals surface area contributed by atoms with E-state index in [-0.39, 0.29) is 30.4 Å². The number of carbonyl (C=O) groups is 2. The first-order valence-corrected chi connectivity index (χ1v) is 13.4. The van der Waals surface area contributed by atoms with E-state index in [4.69, 9.17) is 16.3 Å². The van der Waals surface area contributed by atoms with Crippen LogP contribution in [-0.4, -0.2) is 48.0 Å². The molecule has 2 aromatic carbocycles. The van der Waals surface area contributed by atoms with Gasteiger partial charge in [-0.05, 0) is 66.6 Å². The van der Waals surface area contributed by atoms with Crippen LogP contribution in [0.25, 0.3) is 0 Å². The summed E-state index contributed by atoms with van der Waals surface area (Å²) in [5.41, 5.74) is 2.89. The van der Waals surface area contributed by atoms with Gasteiger partial charge in [-0.2, -0.15) is 0 Å². The Kier molecular flexibility index (Phi) is 8.54. The van der Waals surface area contributed by atoms with Crippen molar-refractivity contribution in [3.63, 3.8) is 0 Å². The first-order chi connectivity index (χ1) is 17.3. The number of nitrogens with zero attached hydrogens (tertiary/aromatic N) is 2. The number of hydrogen-bond acceptors (Lipinski definition) is 4. The third-order valence-electron chi connectivity index (χ3n) is 6.12. The predicted octanol–water partition coefficient (Wildman–Crippen LogP) is 6.40. The third-order valence-corrected chi connectivity index (χ3v) is 7.35. The number of carbonyl (C=O) groups excluding carboxylic acids is 2. The van der Waals surface area contributed by atoms with Gasteiger partial charge in [-0.15, -0.1) is 11.3 Å². The molecule has 0 saturated heterocycles. The van der Waals surface area contributed by atoms with E-state index in [1.54, 1.807) is 40.5 Å². The first kappa shape index (κ1) is 26.0. The minimum Gasteiger partial charge on any atom is -0.491 e. The van der Waals surface area contributed by atoms with Crippen molar-refractivity contribution < 1.29 is 14.3 Å². The molecule has 0 spiro atoms. The molecule has 3 aromatic rings. The number of nitrogens with one attached hydrogen (secondary N) is 1. The molecule has 0 saturated carbocycles. The van der Waals surface area contributed by atoms with Crippen LogP contribution in [-0.2, 0) is 11.2 Å². The molecule has 8 heteroatoms. The van der Waals surface area contributed by atoms with E-state index in [0.717, 1.165) is 17.7 Å². The van der Waals surface area contributed by atoms with Gasteiger partial charge in [-0.3, -0.25) is 4.79 Å². The Morgan fingerprint density at radius 3 is 2.69 bits per heavy atom. The van der Waals surface area contributed by atoms with Gasteiger partial charge in [-0.25, -0.2) is 4.79 Å². The highest BCUT2D eigenvalue weighted by Crippen LogP contribution is 2.34. The molecule has 1 unspecified atom stereocenters. The fourth-order valence-corrected chi connectivity index (χ4v) is 5.49. The number of benzene rings is 2. The highest BCUT2D eigenvalue weighted by Gasteiger charge is 2.33. The molecule has 4 rings (SSSR count). The molecule has 0 bridgehead atoms. The van der Waals surface area contributed by atoms with Crippen molar-refractivity contribution in [1.82, 2.24) is 9.80 Å². The maximum atomic E-state index is 13.6. The lowest BCUT2D eigenvalue weighted by Crippen LogP contribution is -2.49. The second-order valence-corrected chi connectivity index (χ2v) is 10.9. The smallest absolute Gasteiger partial charge is 0.322 e. The van der Waals surface area contributed by atoms with E-state index in [1.165, 1.54) is 10.4 Å². The maximum Gasteiger partial charge on any atom is 0.322 e. The van der Waals surface area contributed by atoms with Gasteiger partial charge < -0.3 is 19.9 Å². The predicted molar refractivity (Wildman–Crippen MR) is 146 cm³/mol. The summed E-state index contributed by atoms with van der Waals surface area (Å²) < 4.78 is 6.12. The second kappa shape index (κ2) is 11.8. The van der Waals surface area contributed by atoms with Gasteiger partial charge in [0.1, 0.15) is 18.9 Å². The monoisotopic (exact) mass is 525 g/mol. The summed E-state index contributed by atoms with van der Waals surface area (Å²) in [6, 6.07) is 16.5. The number of halogens is 1. The Morgan fingerprint density at radius 1 is 1.19 bits per heavy atom. The molecule has 36 heavy (non-hydrogen) atoms. The van der Waals surface area contributed by atoms with Gasteiger partial charge in [0.15, 0.2) is 0 Å². The van der Waals surface area contributed by atoms with Crippen LogP contribution in [0, 0.1) is 12.8 Å². The van der Waals surface area contributed by atoms with Crippen LogP contribution < -0.4 is 10.1 Å². The number of ether oxygens (including phenoxy) is 1. The largest absolute Gasteiger partial charge is 0.491 e. The van der Waals surface area contributed by atoms with E-state index < -0.39 is 0 Å². The molecule has 1 aromatic heterocycles. The zero-order valence-corrected chi connectivity index (χ0v) is 22.4. The average molecular weight is 526 g/mol. The molecule has 1 aliphatic rings. The van der Waals surface area contributed by atoms with E-state index in [1.807, 2.05) is 49.9 Å². The minimum atomic E-state index is -0.319. The number of rotatable bonds is 8. The Balaban J connectivity index is 1.49. The fraction of sp³-hybridized carbons (Fsp3) is 0.357. The van der Waals surface area contributed by atoms with Gasteiger partial charge in [0.25, 0.3) is 0 Å². The van der Waals surface area contributed by atoms with Crippen molar-refractivity contribution in [2.24, 2.45) is 5.92 Å². The van der Waals surface area contributed by atoms with Crippen LogP contribution in [0.3, 0.4) is 0 Å². The summed E-state index contributed by atoms with van der Waals surface area (Å²) in [6.45, 7) is 7.50. The Hall–Kier alpha value is -3.03. The lowest BCUT2D eigenvalue weighted by atomic mass is 10.0. The number of hydrogen-bond donors (Lipinski definition) is 1. The zero-order valence-electron chi connectivity index (χ0n) is 20.9. The quantitative estimate of drug-likeness (QED) is 0.370. The second-order valence-electron chi connectivity index (χ2n) is 9.49. The van der Waals surface area contributed by atoms with Gasteiger partial charge >= 0.3 is 6.03 Å². The lowest BCUT2D eigenvalue weighted by molar-refractivity contribution is -0.135. The van der Waals surface area contributed by atoms with E-state index in [0.29, 0.717) is 30.4 Å². The van der Waals surface area contributed by atoms with E-state index in [2.05, 4.69) is 16.8 Å². The highest BCUT2D eigenvalue weighted by molar-refractivity contribution is 7.10. The molecule has 3 amide bonds. The molecule has 2 heterocycles. The van der Waals surface area contributed by atoms with Crippen molar-refractivity contribution in [2.45, 2.75) is 33.2 Å². The lowest BCUT2D eigenvalue weighted by Gasteiger charge is -2.37. The van der Waals surface area contributed by atoms with Gasteiger partial charge in [0.2, 0.25) is 5.91 Å². The molecular weight excluding hydrogens is 494 g/mol. The van der Waals surface area contributed by atoms with E-state index in [9.17, 15) is 9.59 Å². The summed E-state index contributed by atoms with van der Waals surface area (Å²) in [6.07, 6.45) is 0.804. The summed E-state index contributed by atoms with van der Waals surface area (Å²) in [7, 11) is 0. The van der Waals surface area contributed by atoms with Crippen LogP contribution in [0.5, 0.6) is 5.75 Å². The summed E-state index contributed by atoms with van der Waals surface area (Å²) in [4.78, 5) is 31.5. The number of urea groups is 1. The molecule has 1 N–H and O–H groups in total. The van der Waals surface area contributed by atoms with Crippen LogP contribution >= 0.6 is 22.9 Å². The molecule has 0 radical (unpaired) electrons. The van der Waals surface area contributed by atoms with Gasteiger partial charge in [0, 0.05) is 28.7 Å². The van der Waals surface area contributed by atoms with Crippen LogP contribution in [0.15, 0.2) is 60.0 Å². The SMILES string of the molecule is Cc1ccc(OCC2c3ccsc3CCN2C(=O)CN(CC(C)C)C(=O)Nc2cccc(Cl)c2)cc1. The number of anilines is 1. The Labute approximate surface area is 221 Å². The number of aryl methyl sites for hydroxylation is 1. The third kappa shape index (κ3) is 6.59. The normalized spacial score (nSPS) is 14.9. The Morgan fingerprint density at radius 2 is 1.97 bits per heavy atom. The molecule has 0 fully saturated rings. The fourth-order valence-electron chi connectivity index (χ4n) is 4.37. The van der Waals surface area contributed by atoms with Crippen molar-refractivity contribution in [2.75, 3.05) is 31.6 Å². The first-order valence-electron chi connectivity index (χ1n) is 12.2.